The average molecular weight is 286 g/mol. The molecule has 2 aliphatic rings. The molecule has 1 heterocycles. The Morgan fingerprint density at radius 1 is 1.10 bits per heavy atom. The molecule has 20 heavy (non-hydrogen) atoms. The molecule has 1 saturated heterocycles. The third-order valence-corrected chi connectivity index (χ3v) is 4.33. The molecule has 0 N–H and O–H groups in total. The number of hydrogen-bond acceptors (Lipinski definition) is 2. The van der Waals surface area contributed by atoms with Crippen molar-refractivity contribution in [3.8, 4) is 0 Å². The van der Waals surface area contributed by atoms with Crippen molar-refractivity contribution in [2.45, 2.75) is 44.8 Å². The van der Waals surface area contributed by atoms with E-state index in [2.05, 4.69) is 6.58 Å². The lowest BCUT2D eigenvalue weighted by Gasteiger charge is -2.37. The molecule has 0 unspecified atom stereocenters. The Kier molecular flexibility index (Phi) is 6.17. The third-order valence-electron chi connectivity index (χ3n) is 4.33. The first-order valence-corrected chi connectivity index (χ1v) is 7.56. The zero-order valence-corrected chi connectivity index (χ0v) is 11.9. The van der Waals surface area contributed by atoms with E-state index >= 15 is 0 Å². The van der Waals surface area contributed by atoms with Crippen molar-refractivity contribution >= 4 is 0 Å². The van der Waals surface area contributed by atoms with Crippen LogP contribution in [0.2, 0.25) is 0 Å². The first-order chi connectivity index (χ1) is 9.69. The van der Waals surface area contributed by atoms with E-state index in [-0.39, 0.29) is 12.2 Å². The van der Waals surface area contributed by atoms with Gasteiger partial charge in [-0.1, -0.05) is 6.08 Å². The molecule has 0 spiro atoms. The van der Waals surface area contributed by atoms with Gasteiger partial charge in [-0.3, -0.25) is 0 Å². The highest BCUT2D eigenvalue weighted by atomic mass is 19.3. The number of ether oxygens (including phenoxy) is 2. The van der Waals surface area contributed by atoms with Gasteiger partial charge in [0.25, 0.3) is 6.08 Å². The molecular formula is C16H24F2O2. The van der Waals surface area contributed by atoms with Crippen LogP contribution in [-0.2, 0) is 9.47 Å². The standard InChI is InChI=1S/C16H24F2O2/c1-2-3-4-13-10-19-16(20-11-13)14-7-5-12(6-8-14)9-15(17)18/h2,9,12-14,16H,1,3-8,10-11H2. The summed E-state index contributed by atoms with van der Waals surface area (Å²) in [5.41, 5.74) is 0. The highest BCUT2D eigenvalue weighted by Gasteiger charge is 2.32. The molecule has 2 fully saturated rings. The summed E-state index contributed by atoms with van der Waals surface area (Å²) in [5.74, 6) is 0.854. The molecule has 0 atom stereocenters. The molecule has 114 valence electrons. The fourth-order valence-corrected chi connectivity index (χ4v) is 3.11. The summed E-state index contributed by atoms with van der Waals surface area (Å²) in [7, 11) is 0. The van der Waals surface area contributed by atoms with E-state index in [1.54, 1.807) is 0 Å². The van der Waals surface area contributed by atoms with Gasteiger partial charge in [0.15, 0.2) is 6.29 Å². The van der Waals surface area contributed by atoms with Gasteiger partial charge in [0.2, 0.25) is 0 Å². The summed E-state index contributed by atoms with van der Waals surface area (Å²) in [4.78, 5) is 0. The van der Waals surface area contributed by atoms with Crippen molar-refractivity contribution in [3.63, 3.8) is 0 Å². The quantitative estimate of drug-likeness (QED) is 0.691. The van der Waals surface area contributed by atoms with E-state index in [0.717, 1.165) is 57.8 Å². The van der Waals surface area contributed by atoms with Gasteiger partial charge in [-0.05, 0) is 50.5 Å². The van der Waals surface area contributed by atoms with E-state index in [9.17, 15) is 8.78 Å². The van der Waals surface area contributed by atoms with Gasteiger partial charge in [-0.25, -0.2) is 0 Å². The van der Waals surface area contributed by atoms with E-state index in [1.807, 2.05) is 6.08 Å². The maximum absolute atomic E-state index is 12.2. The zero-order chi connectivity index (χ0) is 14.4. The Balaban J connectivity index is 1.70. The molecule has 0 aromatic carbocycles. The minimum Gasteiger partial charge on any atom is -0.352 e. The van der Waals surface area contributed by atoms with Crippen LogP contribution in [0.25, 0.3) is 0 Å². The van der Waals surface area contributed by atoms with Crippen LogP contribution < -0.4 is 0 Å². The molecular weight excluding hydrogens is 262 g/mol. The Labute approximate surface area is 119 Å². The maximum Gasteiger partial charge on any atom is 0.266 e. The summed E-state index contributed by atoms with van der Waals surface area (Å²) >= 11 is 0. The summed E-state index contributed by atoms with van der Waals surface area (Å²) in [5, 5.41) is 0. The van der Waals surface area contributed by atoms with Crippen molar-refractivity contribution in [1.29, 1.82) is 0 Å². The fraction of sp³-hybridized carbons (Fsp3) is 0.750. The van der Waals surface area contributed by atoms with E-state index in [4.69, 9.17) is 9.47 Å². The monoisotopic (exact) mass is 286 g/mol. The molecule has 2 nitrogen and oxygen atoms in total. The van der Waals surface area contributed by atoms with Gasteiger partial charge >= 0.3 is 0 Å². The Morgan fingerprint density at radius 2 is 1.75 bits per heavy atom. The molecule has 0 amide bonds. The molecule has 0 aromatic heterocycles. The van der Waals surface area contributed by atoms with Gasteiger partial charge in [0, 0.05) is 11.8 Å². The second-order valence-electron chi connectivity index (χ2n) is 5.90. The van der Waals surface area contributed by atoms with Gasteiger partial charge < -0.3 is 9.47 Å². The lowest BCUT2D eigenvalue weighted by atomic mass is 9.81. The Morgan fingerprint density at radius 3 is 2.30 bits per heavy atom. The van der Waals surface area contributed by atoms with Gasteiger partial charge in [0.05, 0.1) is 13.2 Å². The van der Waals surface area contributed by atoms with Crippen molar-refractivity contribution in [3.05, 3.63) is 24.8 Å². The van der Waals surface area contributed by atoms with Gasteiger partial charge in [0.1, 0.15) is 0 Å². The second-order valence-corrected chi connectivity index (χ2v) is 5.90. The molecule has 1 aliphatic heterocycles. The van der Waals surface area contributed by atoms with E-state index in [0.29, 0.717) is 11.8 Å². The predicted molar refractivity (Wildman–Crippen MR) is 74.4 cm³/mol. The third kappa shape index (κ3) is 4.67. The minimum atomic E-state index is -1.55. The summed E-state index contributed by atoms with van der Waals surface area (Å²) < 4.78 is 36.1. The van der Waals surface area contributed by atoms with Crippen molar-refractivity contribution in [2.75, 3.05) is 13.2 Å². The number of rotatable bonds is 5. The second kappa shape index (κ2) is 7.89. The van der Waals surface area contributed by atoms with Crippen LogP contribution in [0.5, 0.6) is 0 Å². The Hall–Kier alpha value is -0.740. The first-order valence-electron chi connectivity index (χ1n) is 7.56. The average Bonchev–Trinajstić information content (AvgIpc) is 2.46. The number of hydrogen-bond donors (Lipinski definition) is 0. The fourth-order valence-electron chi connectivity index (χ4n) is 3.11. The lowest BCUT2D eigenvalue weighted by molar-refractivity contribution is -0.229. The summed E-state index contributed by atoms with van der Waals surface area (Å²) in [6, 6.07) is 0. The summed E-state index contributed by atoms with van der Waals surface area (Å²) in [6.45, 7) is 5.22. The molecule has 2 rings (SSSR count). The van der Waals surface area contributed by atoms with Crippen LogP contribution in [0, 0.1) is 17.8 Å². The SMILES string of the molecule is C=CCCC1COC(C2CCC(C=C(F)F)CC2)OC1. The predicted octanol–water partition coefficient (Wildman–Crippen LogP) is 4.53. The molecule has 4 heteroatoms. The van der Waals surface area contributed by atoms with Crippen LogP contribution >= 0.6 is 0 Å². The van der Waals surface area contributed by atoms with Crippen molar-refractivity contribution in [1.82, 2.24) is 0 Å². The maximum atomic E-state index is 12.2. The van der Waals surface area contributed by atoms with Crippen LogP contribution in [0.3, 0.4) is 0 Å². The van der Waals surface area contributed by atoms with Gasteiger partial charge in [-0.2, -0.15) is 8.78 Å². The molecule has 0 aromatic rings. The highest BCUT2D eigenvalue weighted by Crippen LogP contribution is 2.35. The van der Waals surface area contributed by atoms with Gasteiger partial charge in [-0.15, -0.1) is 6.58 Å². The van der Waals surface area contributed by atoms with Crippen molar-refractivity contribution in [2.24, 2.45) is 17.8 Å². The zero-order valence-electron chi connectivity index (χ0n) is 11.9. The van der Waals surface area contributed by atoms with E-state index < -0.39 is 6.08 Å². The van der Waals surface area contributed by atoms with E-state index in [1.165, 1.54) is 0 Å². The minimum absolute atomic E-state index is 0.0279. The molecule has 0 radical (unpaired) electrons. The smallest absolute Gasteiger partial charge is 0.266 e. The number of halogens is 2. The van der Waals surface area contributed by atoms with Crippen molar-refractivity contribution < 1.29 is 18.3 Å². The topological polar surface area (TPSA) is 18.5 Å². The van der Waals surface area contributed by atoms with Crippen LogP contribution in [0.4, 0.5) is 8.78 Å². The normalized spacial score (nSPS) is 34.5. The highest BCUT2D eigenvalue weighted by molar-refractivity contribution is 4.91. The molecule has 0 bridgehead atoms. The van der Waals surface area contributed by atoms with Crippen LogP contribution in [0.15, 0.2) is 24.8 Å². The van der Waals surface area contributed by atoms with Crippen LogP contribution in [0.1, 0.15) is 38.5 Å². The largest absolute Gasteiger partial charge is 0.352 e. The molecule has 1 aliphatic carbocycles. The number of allylic oxidation sites excluding steroid dienone is 2. The summed E-state index contributed by atoms with van der Waals surface area (Å²) in [6.07, 6.45) is 6.84. The first kappa shape index (κ1) is 15.6. The Bertz CT molecular complexity index is 323. The lowest BCUT2D eigenvalue weighted by Crippen LogP contribution is -2.38. The molecule has 1 saturated carbocycles. The van der Waals surface area contributed by atoms with Crippen LogP contribution in [-0.4, -0.2) is 19.5 Å².